The van der Waals surface area contributed by atoms with Gasteiger partial charge in [-0.05, 0) is 5.56 Å². The van der Waals surface area contributed by atoms with Crippen molar-refractivity contribution in [2.24, 2.45) is 0 Å². The number of aromatic amines is 1. The van der Waals surface area contributed by atoms with E-state index >= 15 is 0 Å². The highest BCUT2D eigenvalue weighted by Crippen LogP contribution is 2.27. The Bertz CT molecular complexity index is 1080. The van der Waals surface area contributed by atoms with E-state index in [0.717, 1.165) is 16.8 Å². The van der Waals surface area contributed by atoms with Gasteiger partial charge in [-0.2, -0.15) is 5.10 Å². The fourth-order valence-corrected chi connectivity index (χ4v) is 3.46. The summed E-state index contributed by atoms with van der Waals surface area (Å²) in [6, 6.07) is 18.4. The zero-order chi connectivity index (χ0) is 21.6. The van der Waals surface area contributed by atoms with Gasteiger partial charge < -0.3 is 15.5 Å². The highest BCUT2D eigenvalue weighted by molar-refractivity contribution is 6.00. The van der Waals surface area contributed by atoms with Gasteiger partial charge in [-0.25, -0.2) is 4.79 Å². The highest BCUT2D eigenvalue weighted by atomic mass is 16.2. The summed E-state index contributed by atoms with van der Waals surface area (Å²) in [7, 11) is 0. The SMILES string of the molecule is O=C(CCC(=O)c1ccccc1)Nc1n[nH]c2c1CN(C(=O)NCc1ccccc1)C2. The Morgan fingerprint density at radius 3 is 2.39 bits per heavy atom. The van der Waals surface area contributed by atoms with Crippen LogP contribution in [0.5, 0.6) is 0 Å². The smallest absolute Gasteiger partial charge is 0.318 e. The second kappa shape index (κ2) is 9.25. The van der Waals surface area contributed by atoms with Crippen molar-refractivity contribution in [3.8, 4) is 0 Å². The first-order chi connectivity index (χ1) is 15.1. The Labute approximate surface area is 179 Å². The quantitative estimate of drug-likeness (QED) is 0.513. The van der Waals surface area contributed by atoms with E-state index in [9.17, 15) is 14.4 Å². The Morgan fingerprint density at radius 2 is 1.65 bits per heavy atom. The Morgan fingerprint density at radius 1 is 0.935 bits per heavy atom. The van der Waals surface area contributed by atoms with Crippen LogP contribution in [0.4, 0.5) is 10.6 Å². The van der Waals surface area contributed by atoms with Crippen molar-refractivity contribution in [1.29, 1.82) is 0 Å². The zero-order valence-electron chi connectivity index (χ0n) is 16.9. The minimum Gasteiger partial charge on any atom is -0.334 e. The number of H-pyrrole nitrogens is 1. The molecule has 2 aromatic carbocycles. The molecule has 31 heavy (non-hydrogen) atoms. The van der Waals surface area contributed by atoms with Crippen molar-refractivity contribution in [3.05, 3.63) is 83.0 Å². The molecular weight excluding hydrogens is 394 g/mol. The molecule has 0 bridgehead atoms. The van der Waals surface area contributed by atoms with Crippen LogP contribution in [0.25, 0.3) is 0 Å². The molecule has 1 aliphatic heterocycles. The third kappa shape index (κ3) is 4.98. The second-order valence-corrected chi connectivity index (χ2v) is 7.37. The summed E-state index contributed by atoms with van der Waals surface area (Å²) < 4.78 is 0. The van der Waals surface area contributed by atoms with Gasteiger partial charge >= 0.3 is 6.03 Å². The van der Waals surface area contributed by atoms with Gasteiger partial charge in [-0.15, -0.1) is 0 Å². The third-order valence-electron chi connectivity index (χ3n) is 5.16. The molecule has 1 aromatic heterocycles. The van der Waals surface area contributed by atoms with Crippen LogP contribution in [-0.2, 0) is 24.4 Å². The summed E-state index contributed by atoms with van der Waals surface area (Å²) >= 11 is 0. The van der Waals surface area contributed by atoms with Gasteiger partial charge in [0.2, 0.25) is 5.91 Å². The number of urea groups is 1. The van der Waals surface area contributed by atoms with Gasteiger partial charge in [0.05, 0.1) is 18.8 Å². The van der Waals surface area contributed by atoms with Crippen molar-refractivity contribution in [3.63, 3.8) is 0 Å². The molecular formula is C23H23N5O3. The van der Waals surface area contributed by atoms with E-state index in [-0.39, 0.29) is 30.6 Å². The molecule has 0 spiro atoms. The first-order valence-corrected chi connectivity index (χ1v) is 10.1. The number of hydrogen-bond acceptors (Lipinski definition) is 4. The van der Waals surface area contributed by atoms with Gasteiger partial charge in [0.15, 0.2) is 11.6 Å². The standard InChI is InChI=1S/C23H23N5O3/c29-20(17-9-5-2-6-10-17)11-12-21(30)25-22-18-14-28(15-19(18)26-27-22)23(31)24-13-16-7-3-1-4-8-16/h1-10H,11-15H2,(H,24,31)(H2,25,26,27,30). The summed E-state index contributed by atoms with van der Waals surface area (Å²) in [5.41, 5.74) is 3.20. The van der Waals surface area contributed by atoms with Gasteiger partial charge in [-0.1, -0.05) is 60.7 Å². The van der Waals surface area contributed by atoms with Crippen molar-refractivity contribution < 1.29 is 14.4 Å². The number of Topliss-reactive ketones (excluding diaryl/α,β-unsaturated/α-hetero) is 1. The molecule has 0 saturated heterocycles. The zero-order valence-corrected chi connectivity index (χ0v) is 16.9. The number of ketones is 1. The van der Waals surface area contributed by atoms with Crippen LogP contribution < -0.4 is 10.6 Å². The molecule has 8 nitrogen and oxygen atoms in total. The summed E-state index contributed by atoms with van der Waals surface area (Å²) in [6.07, 6.45) is 0.188. The average molecular weight is 417 g/mol. The number of fused-ring (bicyclic) bond motifs is 1. The molecule has 0 saturated carbocycles. The molecule has 0 atom stereocenters. The van der Waals surface area contributed by atoms with Crippen LogP contribution >= 0.6 is 0 Å². The maximum absolute atomic E-state index is 12.5. The maximum atomic E-state index is 12.5. The van der Waals surface area contributed by atoms with E-state index in [1.807, 2.05) is 36.4 Å². The van der Waals surface area contributed by atoms with E-state index in [2.05, 4.69) is 20.8 Å². The van der Waals surface area contributed by atoms with Crippen LogP contribution in [0.3, 0.4) is 0 Å². The van der Waals surface area contributed by atoms with Crippen LogP contribution in [0.15, 0.2) is 60.7 Å². The number of rotatable bonds is 7. The summed E-state index contributed by atoms with van der Waals surface area (Å²) in [5.74, 6) is 0.0420. The summed E-state index contributed by atoms with van der Waals surface area (Å²) in [4.78, 5) is 38.6. The molecule has 4 rings (SSSR count). The number of anilines is 1. The number of aromatic nitrogens is 2. The van der Waals surface area contributed by atoms with E-state index in [1.165, 1.54) is 0 Å². The number of carbonyl (C=O) groups excluding carboxylic acids is 3. The minimum absolute atomic E-state index is 0.0661. The van der Waals surface area contributed by atoms with Gasteiger partial charge in [0.25, 0.3) is 0 Å². The average Bonchev–Trinajstić information content (AvgIpc) is 3.39. The van der Waals surface area contributed by atoms with Gasteiger partial charge in [0.1, 0.15) is 0 Å². The van der Waals surface area contributed by atoms with Crippen LogP contribution in [0.2, 0.25) is 0 Å². The number of hydrogen-bond donors (Lipinski definition) is 3. The topological polar surface area (TPSA) is 107 Å². The van der Waals surface area contributed by atoms with E-state index < -0.39 is 0 Å². The monoisotopic (exact) mass is 417 g/mol. The molecule has 0 unspecified atom stereocenters. The molecule has 3 amide bonds. The van der Waals surface area contributed by atoms with Crippen molar-refractivity contribution in [2.45, 2.75) is 32.5 Å². The van der Waals surface area contributed by atoms with Crippen LogP contribution in [-0.4, -0.2) is 32.8 Å². The lowest BCUT2D eigenvalue weighted by Crippen LogP contribution is -2.36. The Balaban J connectivity index is 1.28. The van der Waals surface area contributed by atoms with Crippen molar-refractivity contribution in [1.82, 2.24) is 20.4 Å². The molecule has 3 N–H and O–H groups in total. The predicted molar refractivity (Wildman–Crippen MR) is 115 cm³/mol. The molecule has 8 heteroatoms. The van der Waals surface area contributed by atoms with E-state index in [4.69, 9.17) is 0 Å². The lowest BCUT2D eigenvalue weighted by atomic mass is 10.1. The largest absolute Gasteiger partial charge is 0.334 e. The number of nitrogens with zero attached hydrogens (tertiary/aromatic N) is 2. The van der Waals surface area contributed by atoms with Crippen molar-refractivity contribution >= 4 is 23.5 Å². The van der Waals surface area contributed by atoms with Crippen LogP contribution in [0.1, 0.15) is 40.0 Å². The van der Waals surface area contributed by atoms with Gasteiger partial charge in [0, 0.05) is 30.5 Å². The lowest BCUT2D eigenvalue weighted by molar-refractivity contribution is -0.116. The van der Waals surface area contributed by atoms with E-state index in [1.54, 1.807) is 29.2 Å². The first-order valence-electron chi connectivity index (χ1n) is 10.1. The molecule has 2 heterocycles. The second-order valence-electron chi connectivity index (χ2n) is 7.37. The number of benzene rings is 2. The van der Waals surface area contributed by atoms with E-state index in [0.29, 0.717) is 31.0 Å². The third-order valence-corrected chi connectivity index (χ3v) is 5.16. The Hall–Kier alpha value is -3.94. The summed E-state index contributed by atoms with van der Waals surface area (Å²) in [6.45, 7) is 1.19. The summed E-state index contributed by atoms with van der Waals surface area (Å²) in [5, 5.41) is 12.7. The molecule has 158 valence electrons. The molecule has 0 radical (unpaired) electrons. The fourth-order valence-electron chi connectivity index (χ4n) is 3.46. The molecule has 1 aliphatic rings. The number of amides is 3. The van der Waals surface area contributed by atoms with Crippen molar-refractivity contribution in [2.75, 3.05) is 5.32 Å². The Kier molecular flexibility index (Phi) is 6.07. The molecule has 3 aromatic rings. The number of nitrogens with one attached hydrogen (secondary N) is 3. The predicted octanol–water partition coefficient (Wildman–Crippen LogP) is 3.24. The molecule has 0 fully saturated rings. The van der Waals surface area contributed by atoms with Crippen LogP contribution in [0, 0.1) is 0 Å². The molecule has 0 aliphatic carbocycles. The first kappa shape index (κ1) is 20.3. The lowest BCUT2D eigenvalue weighted by Gasteiger charge is -2.17. The maximum Gasteiger partial charge on any atom is 0.318 e. The normalized spacial score (nSPS) is 12.3. The van der Waals surface area contributed by atoms with Gasteiger partial charge in [-0.3, -0.25) is 14.7 Å². The minimum atomic E-state index is -0.287. The number of carbonyl (C=O) groups is 3. The fraction of sp³-hybridized carbons (Fsp3) is 0.217. The highest BCUT2D eigenvalue weighted by Gasteiger charge is 2.28.